The van der Waals surface area contributed by atoms with Gasteiger partial charge in [0.2, 0.25) is 0 Å². The number of hydrogen-bond acceptors (Lipinski definition) is 2. The van der Waals surface area contributed by atoms with Crippen molar-refractivity contribution >= 4 is 15.9 Å². The van der Waals surface area contributed by atoms with Gasteiger partial charge in [0.25, 0.3) is 0 Å². The monoisotopic (exact) mass is 340 g/mol. The van der Waals surface area contributed by atoms with Crippen LogP contribution in [-0.4, -0.2) is 11.5 Å². The zero-order valence-corrected chi connectivity index (χ0v) is 12.6. The third kappa shape index (κ3) is 3.41. The summed E-state index contributed by atoms with van der Waals surface area (Å²) in [6.07, 6.45) is 3.59. The van der Waals surface area contributed by atoms with Gasteiger partial charge in [-0.15, -0.1) is 0 Å². The highest BCUT2D eigenvalue weighted by Crippen LogP contribution is 2.28. The molecule has 0 bridgehead atoms. The molecule has 0 saturated heterocycles. The van der Waals surface area contributed by atoms with Crippen molar-refractivity contribution in [1.82, 2.24) is 10.3 Å². The Morgan fingerprint density at radius 3 is 2.80 bits per heavy atom. The van der Waals surface area contributed by atoms with Gasteiger partial charge in [-0.25, -0.2) is 8.78 Å². The van der Waals surface area contributed by atoms with E-state index in [-0.39, 0.29) is 5.82 Å². The van der Waals surface area contributed by atoms with E-state index in [9.17, 15) is 8.78 Å². The van der Waals surface area contributed by atoms with E-state index >= 15 is 0 Å². The minimum Gasteiger partial charge on any atom is -0.306 e. The molecule has 106 valence electrons. The van der Waals surface area contributed by atoms with Crippen LogP contribution in [0.5, 0.6) is 0 Å². The lowest BCUT2D eigenvalue weighted by atomic mass is 9.99. The molecule has 1 atom stereocenters. The Balaban J connectivity index is 2.44. The van der Waals surface area contributed by atoms with Gasteiger partial charge in [-0.2, -0.15) is 0 Å². The van der Waals surface area contributed by atoms with Crippen molar-refractivity contribution in [2.75, 3.05) is 6.54 Å². The second kappa shape index (κ2) is 6.90. The van der Waals surface area contributed by atoms with Crippen LogP contribution in [0.3, 0.4) is 0 Å². The number of rotatable bonds is 5. The van der Waals surface area contributed by atoms with Crippen LogP contribution in [0.4, 0.5) is 8.78 Å². The van der Waals surface area contributed by atoms with Gasteiger partial charge in [0.05, 0.1) is 16.7 Å². The Morgan fingerprint density at radius 2 is 2.10 bits per heavy atom. The molecule has 0 amide bonds. The van der Waals surface area contributed by atoms with E-state index in [1.54, 1.807) is 24.4 Å². The van der Waals surface area contributed by atoms with Crippen molar-refractivity contribution in [3.05, 3.63) is 63.9 Å². The first-order valence-corrected chi connectivity index (χ1v) is 7.20. The fourth-order valence-electron chi connectivity index (χ4n) is 2.03. The zero-order chi connectivity index (χ0) is 14.5. The van der Waals surface area contributed by atoms with E-state index in [0.29, 0.717) is 22.1 Å². The zero-order valence-electron chi connectivity index (χ0n) is 11.0. The van der Waals surface area contributed by atoms with Crippen molar-refractivity contribution in [1.29, 1.82) is 0 Å². The topological polar surface area (TPSA) is 24.9 Å². The molecule has 0 fully saturated rings. The summed E-state index contributed by atoms with van der Waals surface area (Å²) in [4.78, 5) is 3.84. The Hall–Kier alpha value is -1.33. The van der Waals surface area contributed by atoms with Crippen LogP contribution in [0.15, 0.2) is 41.1 Å². The van der Waals surface area contributed by atoms with Gasteiger partial charge < -0.3 is 5.32 Å². The molecule has 20 heavy (non-hydrogen) atoms. The quantitative estimate of drug-likeness (QED) is 0.881. The van der Waals surface area contributed by atoms with Gasteiger partial charge in [0.1, 0.15) is 11.6 Å². The summed E-state index contributed by atoms with van der Waals surface area (Å²) >= 11 is 3.18. The number of nitrogens with zero attached hydrogens (tertiary/aromatic N) is 1. The van der Waals surface area contributed by atoms with Gasteiger partial charge in [0, 0.05) is 11.8 Å². The number of pyridine rings is 1. The van der Waals surface area contributed by atoms with Gasteiger partial charge in [-0.3, -0.25) is 4.98 Å². The van der Waals surface area contributed by atoms with Crippen molar-refractivity contribution in [3.63, 3.8) is 0 Å². The molecule has 1 N–H and O–H groups in total. The van der Waals surface area contributed by atoms with Crippen molar-refractivity contribution in [2.45, 2.75) is 19.4 Å². The third-order valence-electron chi connectivity index (χ3n) is 2.95. The number of benzene rings is 1. The number of halogens is 3. The molecule has 2 rings (SSSR count). The molecule has 2 nitrogen and oxygen atoms in total. The lowest BCUT2D eigenvalue weighted by molar-refractivity contribution is 0.538. The highest BCUT2D eigenvalue weighted by molar-refractivity contribution is 9.10. The van der Waals surface area contributed by atoms with Crippen LogP contribution in [0.2, 0.25) is 0 Å². The van der Waals surface area contributed by atoms with Gasteiger partial charge in [-0.05, 0) is 46.6 Å². The second-order valence-corrected chi connectivity index (χ2v) is 5.32. The Morgan fingerprint density at radius 1 is 1.30 bits per heavy atom. The normalized spacial score (nSPS) is 12.4. The first-order chi connectivity index (χ1) is 9.63. The summed E-state index contributed by atoms with van der Waals surface area (Å²) in [5.74, 6) is -0.772. The van der Waals surface area contributed by atoms with Gasteiger partial charge in [0.15, 0.2) is 0 Å². The minimum absolute atomic E-state index is 0.342. The van der Waals surface area contributed by atoms with Crippen LogP contribution < -0.4 is 5.32 Å². The lowest BCUT2D eigenvalue weighted by Crippen LogP contribution is -2.24. The first-order valence-electron chi connectivity index (χ1n) is 6.41. The molecule has 0 spiro atoms. The third-order valence-corrected chi connectivity index (χ3v) is 3.56. The average Bonchev–Trinajstić information content (AvgIpc) is 2.44. The van der Waals surface area contributed by atoms with E-state index in [0.717, 1.165) is 12.6 Å². The Labute approximate surface area is 125 Å². The maximum absolute atomic E-state index is 14.3. The van der Waals surface area contributed by atoms with E-state index in [2.05, 4.69) is 26.2 Å². The van der Waals surface area contributed by atoms with Crippen molar-refractivity contribution in [3.8, 4) is 0 Å². The van der Waals surface area contributed by atoms with Crippen LogP contribution >= 0.6 is 15.9 Å². The minimum atomic E-state index is -0.429. The predicted molar refractivity (Wildman–Crippen MR) is 78.4 cm³/mol. The molecule has 2 aromatic rings. The fraction of sp³-hybridized carbons (Fsp3) is 0.267. The van der Waals surface area contributed by atoms with E-state index < -0.39 is 11.9 Å². The molecule has 0 saturated carbocycles. The summed E-state index contributed by atoms with van der Waals surface area (Å²) in [6.45, 7) is 2.72. The predicted octanol–water partition coefficient (Wildman–Crippen LogP) is 4.21. The maximum Gasteiger partial charge on any atom is 0.142 e. The van der Waals surface area contributed by atoms with Crippen molar-refractivity contribution < 1.29 is 8.78 Å². The summed E-state index contributed by atoms with van der Waals surface area (Å²) in [7, 11) is 0. The SMILES string of the molecule is CCCNC(c1cncc(F)c1)c1cccc(Br)c1F. The first kappa shape index (κ1) is 15.1. The highest BCUT2D eigenvalue weighted by Gasteiger charge is 2.19. The van der Waals surface area contributed by atoms with Gasteiger partial charge in [-0.1, -0.05) is 19.1 Å². The molecule has 0 aliphatic rings. The van der Waals surface area contributed by atoms with Crippen molar-refractivity contribution in [2.24, 2.45) is 0 Å². The lowest BCUT2D eigenvalue weighted by Gasteiger charge is -2.20. The standard InChI is InChI=1S/C15H15BrF2N2/c1-2-6-20-15(10-7-11(17)9-19-8-10)12-4-3-5-13(16)14(12)18/h3-5,7-9,15,20H,2,6H2,1H3. The average molecular weight is 341 g/mol. The largest absolute Gasteiger partial charge is 0.306 e. The molecular formula is C15H15BrF2N2. The van der Waals surface area contributed by atoms with E-state index in [1.807, 2.05) is 6.92 Å². The molecular weight excluding hydrogens is 326 g/mol. The molecule has 5 heteroatoms. The summed E-state index contributed by atoms with van der Waals surface area (Å²) < 4.78 is 28.0. The molecule has 0 aliphatic carbocycles. The number of hydrogen-bond donors (Lipinski definition) is 1. The molecule has 1 unspecified atom stereocenters. The van der Waals surface area contributed by atoms with E-state index in [4.69, 9.17) is 0 Å². The number of aromatic nitrogens is 1. The molecule has 1 heterocycles. The Bertz CT molecular complexity index is 590. The molecule has 1 aromatic heterocycles. The Kier molecular flexibility index (Phi) is 5.20. The van der Waals surface area contributed by atoms with Gasteiger partial charge >= 0.3 is 0 Å². The molecule has 1 aromatic carbocycles. The maximum atomic E-state index is 14.3. The van der Waals surface area contributed by atoms with E-state index in [1.165, 1.54) is 6.07 Å². The summed E-state index contributed by atoms with van der Waals surface area (Å²) in [5, 5.41) is 3.23. The summed E-state index contributed by atoms with van der Waals surface area (Å²) in [5.41, 5.74) is 1.08. The molecule has 0 aliphatic heterocycles. The van der Waals surface area contributed by atoms with Crippen LogP contribution in [0, 0.1) is 11.6 Å². The highest BCUT2D eigenvalue weighted by atomic mass is 79.9. The summed E-state index contributed by atoms with van der Waals surface area (Å²) in [6, 6.07) is 6.05. The van der Waals surface area contributed by atoms with Crippen LogP contribution in [0.25, 0.3) is 0 Å². The van der Waals surface area contributed by atoms with Crippen LogP contribution in [0.1, 0.15) is 30.5 Å². The number of nitrogens with one attached hydrogen (secondary N) is 1. The molecule has 0 radical (unpaired) electrons. The second-order valence-electron chi connectivity index (χ2n) is 4.47. The fourth-order valence-corrected chi connectivity index (χ4v) is 2.41. The van der Waals surface area contributed by atoms with Crippen LogP contribution in [-0.2, 0) is 0 Å². The smallest absolute Gasteiger partial charge is 0.142 e.